The highest BCUT2D eigenvalue weighted by atomic mass is 32.2. The van der Waals surface area contributed by atoms with Crippen molar-refractivity contribution in [2.75, 3.05) is 52.4 Å². The number of nitrogens with zero attached hydrogens (tertiary/aromatic N) is 3. The van der Waals surface area contributed by atoms with Gasteiger partial charge in [0.2, 0.25) is 0 Å². The molecule has 0 aromatic heterocycles. The first-order valence-electron chi connectivity index (χ1n) is 7.82. The van der Waals surface area contributed by atoms with Gasteiger partial charge in [-0.3, -0.25) is 0 Å². The third-order valence-electron chi connectivity index (χ3n) is 4.23. The summed E-state index contributed by atoms with van der Waals surface area (Å²) in [6.07, 6.45) is 5.42. The van der Waals surface area contributed by atoms with Crippen molar-refractivity contribution < 1.29 is 8.42 Å². The lowest BCUT2D eigenvalue weighted by atomic mass is 10.2. The third kappa shape index (κ3) is 4.14. The van der Waals surface area contributed by atoms with Gasteiger partial charge in [0.1, 0.15) is 0 Å². The molecule has 2 aliphatic heterocycles. The fourth-order valence-electron chi connectivity index (χ4n) is 2.92. The van der Waals surface area contributed by atoms with Gasteiger partial charge in [-0.15, -0.1) is 0 Å². The minimum absolute atomic E-state index is 0.635. The fourth-order valence-corrected chi connectivity index (χ4v) is 4.59. The van der Waals surface area contributed by atoms with Crippen molar-refractivity contribution in [2.24, 2.45) is 5.73 Å². The first kappa shape index (κ1) is 16.2. The van der Waals surface area contributed by atoms with Gasteiger partial charge in [-0.1, -0.05) is 6.42 Å². The molecule has 2 heterocycles. The van der Waals surface area contributed by atoms with Crippen LogP contribution in [-0.4, -0.2) is 74.3 Å². The largest absolute Gasteiger partial charge is 0.330 e. The van der Waals surface area contributed by atoms with E-state index in [9.17, 15) is 8.42 Å². The molecule has 0 bridgehead atoms. The Morgan fingerprint density at radius 2 is 1.40 bits per heavy atom. The molecular weight excluding hydrogens is 276 g/mol. The highest BCUT2D eigenvalue weighted by molar-refractivity contribution is 7.86. The smallest absolute Gasteiger partial charge is 0.282 e. The van der Waals surface area contributed by atoms with E-state index in [1.165, 1.54) is 6.42 Å². The van der Waals surface area contributed by atoms with Gasteiger partial charge in [-0.25, -0.2) is 0 Å². The van der Waals surface area contributed by atoms with Gasteiger partial charge < -0.3 is 10.6 Å². The molecule has 0 atom stereocenters. The molecule has 0 aliphatic carbocycles. The molecule has 20 heavy (non-hydrogen) atoms. The second-order valence-corrected chi connectivity index (χ2v) is 7.63. The van der Waals surface area contributed by atoms with Crippen molar-refractivity contribution >= 4 is 10.2 Å². The van der Waals surface area contributed by atoms with E-state index in [-0.39, 0.29) is 0 Å². The molecule has 6 nitrogen and oxygen atoms in total. The summed E-state index contributed by atoms with van der Waals surface area (Å²) in [5.41, 5.74) is 5.48. The summed E-state index contributed by atoms with van der Waals surface area (Å²) < 4.78 is 28.1. The molecule has 2 saturated heterocycles. The number of hydrogen-bond donors (Lipinski definition) is 1. The van der Waals surface area contributed by atoms with Crippen LogP contribution in [0.2, 0.25) is 0 Å². The third-order valence-corrected chi connectivity index (χ3v) is 6.26. The van der Waals surface area contributed by atoms with Crippen LogP contribution in [0.4, 0.5) is 0 Å². The maximum atomic E-state index is 12.4. The Hall–Kier alpha value is -0.210. The van der Waals surface area contributed by atoms with Crippen LogP contribution < -0.4 is 5.73 Å². The summed E-state index contributed by atoms with van der Waals surface area (Å²) in [6, 6.07) is 0. The van der Waals surface area contributed by atoms with Crippen LogP contribution in [0, 0.1) is 0 Å². The van der Waals surface area contributed by atoms with Gasteiger partial charge in [0.15, 0.2) is 0 Å². The Kier molecular flexibility index (Phi) is 6.22. The molecule has 0 aromatic rings. The van der Waals surface area contributed by atoms with E-state index in [2.05, 4.69) is 4.90 Å². The normalized spacial score (nSPS) is 23.4. The Morgan fingerprint density at radius 3 is 2.00 bits per heavy atom. The minimum Gasteiger partial charge on any atom is -0.330 e. The van der Waals surface area contributed by atoms with Crippen molar-refractivity contribution in [3.63, 3.8) is 0 Å². The molecule has 0 spiro atoms. The predicted molar refractivity (Wildman–Crippen MR) is 80.6 cm³/mol. The van der Waals surface area contributed by atoms with E-state index in [4.69, 9.17) is 5.73 Å². The van der Waals surface area contributed by atoms with Gasteiger partial charge in [-0.05, 0) is 38.8 Å². The van der Waals surface area contributed by atoms with Crippen LogP contribution in [0.25, 0.3) is 0 Å². The molecule has 2 fully saturated rings. The van der Waals surface area contributed by atoms with E-state index in [0.29, 0.717) is 26.2 Å². The SMILES string of the molecule is NCCCCCN1CCN(S(=O)(=O)N2CCCC2)CC1. The van der Waals surface area contributed by atoms with Crippen LogP contribution in [0.1, 0.15) is 32.1 Å². The Balaban J connectivity index is 1.73. The van der Waals surface area contributed by atoms with Crippen LogP contribution in [0.15, 0.2) is 0 Å². The minimum atomic E-state index is -3.19. The van der Waals surface area contributed by atoms with Gasteiger partial charge in [0.25, 0.3) is 10.2 Å². The van der Waals surface area contributed by atoms with Crippen molar-refractivity contribution in [3.8, 4) is 0 Å². The zero-order chi connectivity index (χ0) is 14.4. The maximum absolute atomic E-state index is 12.4. The second-order valence-electron chi connectivity index (χ2n) is 5.70. The molecule has 2 rings (SSSR count). The zero-order valence-electron chi connectivity index (χ0n) is 12.3. The summed E-state index contributed by atoms with van der Waals surface area (Å²) in [5, 5.41) is 0. The zero-order valence-corrected chi connectivity index (χ0v) is 13.2. The number of piperazine rings is 1. The topological polar surface area (TPSA) is 69.9 Å². The molecular formula is C13H28N4O2S. The number of nitrogens with two attached hydrogens (primary N) is 1. The number of unbranched alkanes of at least 4 members (excludes halogenated alkanes) is 2. The standard InChI is InChI=1S/C13H28N4O2S/c14-6-2-1-3-7-15-10-12-17(13-11-15)20(18,19)16-8-4-5-9-16/h1-14H2. The monoisotopic (exact) mass is 304 g/mol. The molecule has 0 aromatic carbocycles. The second kappa shape index (κ2) is 7.70. The molecule has 2 N–H and O–H groups in total. The average Bonchev–Trinajstić information content (AvgIpc) is 2.99. The molecule has 0 radical (unpaired) electrons. The lowest BCUT2D eigenvalue weighted by Crippen LogP contribution is -2.52. The van der Waals surface area contributed by atoms with E-state index in [1.807, 2.05) is 0 Å². The van der Waals surface area contributed by atoms with E-state index in [0.717, 1.165) is 51.9 Å². The first-order valence-corrected chi connectivity index (χ1v) is 9.22. The fraction of sp³-hybridized carbons (Fsp3) is 1.00. The molecule has 0 unspecified atom stereocenters. The van der Waals surface area contributed by atoms with Crippen molar-refractivity contribution in [1.82, 2.24) is 13.5 Å². The van der Waals surface area contributed by atoms with Crippen molar-refractivity contribution in [3.05, 3.63) is 0 Å². The Labute approximate surface area is 123 Å². The summed E-state index contributed by atoms with van der Waals surface area (Å²) in [5.74, 6) is 0. The van der Waals surface area contributed by atoms with Gasteiger partial charge in [-0.2, -0.15) is 17.0 Å². The molecule has 118 valence electrons. The highest BCUT2D eigenvalue weighted by Gasteiger charge is 2.33. The van der Waals surface area contributed by atoms with E-state index >= 15 is 0 Å². The molecule has 0 saturated carbocycles. The van der Waals surface area contributed by atoms with Crippen LogP contribution >= 0.6 is 0 Å². The lowest BCUT2D eigenvalue weighted by Gasteiger charge is -2.35. The Morgan fingerprint density at radius 1 is 0.800 bits per heavy atom. The quantitative estimate of drug-likeness (QED) is 0.676. The molecule has 2 aliphatic rings. The van der Waals surface area contributed by atoms with Crippen molar-refractivity contribution in [2.45, 2.75) is 32.1 Å². The predicted octanol–water partition coefficient (Wildman–Crippen LogP) is 0.0736. The molecule has 7 heteroatoms. The van der Waals surface area contributed by atoms with Crippen molar-refractivity contribution in [1.29, 1.82) is 0 Å². The lowest BCUT2D eigenvalue weighted by molar-refractivity contribution is 0.180. The first-order chi connectivity index (χ1) is 9.64. The summed E-state index contributed by atoms with van der Waals surface area (Å²) >= 11 is 0. The van der Waals surface area contributed by atoms with Crippen LogP contribution in [0.5, 0.6) is 0 Å². The molecule has 0 amide bonds. The van der Waals surface area contributed by atoms with Crippen LogP contribution in [-0.2, 0) is 10.2 Å². The Bertz CT molecular complexity index is 374. The van der Waals surface area contributed by atoms with Gasteiger partial charge in [0, 0.05) is 39.3 Å². The van der Waals surface area contributed by atoms with Gasteiger partial charge in [0.05, 0.1) is 0 Å². The maximum Gasteiger partial charge on any atom is 0.282 e. The average molecular weight is 304 g/mol. The summed E-state index contributed by atoms with van der Waals surface area (Å²) in [6.45, 7) is 6.21. The van der Waals surface area contributed by atoms with E-state index in [1.54, 1.807) is 8.61 Å². The number of rotatable bonds is 7. The van der Waals surface area contributed by atoms with Crippen LogP contribution in [0.3, 0.4) is 0 Å². The van der Waals surface area contributed by atoms with Gasteiger partial charge >= 0.3 is 0 Å². The highest BCUT2D eigenvalue weighted by Crippen LogP contribution is 2.18. The summed E-state index contributed by atoms with van der Waals surface area (Å²) in [4.78, 5) is 2.37. The number of hydrogen-bond acceptors (Lipinski definition) is 4. The van der Waals surface area contributed by atoms with E-state index < -0.39 is 10.2 Å². The summed E-state index contributed by atoms with van der Waals surface area (Å²) in [7, 11) is -3.19.